The Morgan fingerprint density at radius 3 is 2.61 bits per heavy atom. The van der Waals surface area contributed by atoms with Gasteiger partial charge >= 0.3 is 0 Å². The Morgan fingerprint density at radius 2 is 2.11 bits per heavy atom. The molecule has 0 radical (unpaired) electrons. The molecule has 1 unspecified atom stereocenters. The van der Waals surface area contributed by atoms with Crippen molar-refractivity contribution in [2.75, 3.05) is 0 Å². The summed E-state index contributed by atoms with van der Waals surface area (Å²) in [6, 6.07) is 6.64. The molecule has 0 aromatic heterocycles. The fraction of sp³-hybridized carbons (Fsp3) is 0.333. The van der Waals surface area contributed by atoms with Crippen LogP contribution in [0, 0.1) is 11.3 Å². The fourth-order valence-electron chi connectivity index (χ4n) is 1.24. The first-order valence-electron chi connectivity index (χ1n) is 5.25. The third kappa shape index (κ3) is 4.41. The van der Waals surface area contributed by atoms with Crippen molar-refractivity contribution in [3.63, 3.8) is 0 Å². The summed E-state index contributed by atoms with van der Waals surface area (Å²) in [7, 11) is 0. The van der Waals surface area contributed by atoms with Crippen molar-refractivity contribution in [2.24, 2.45) is 0 Å². The first kappa shape index (κ1) is 15.2. The second-order valence-corrected chi connectivity index (χ2v) is 6.32. The van der Waals surface area contributed by atoms with E-state index >= 15 is 0 Å². The van der Waals surface area contributed by atoms with Crippen LogP contribution in [0.3, 0.4) is 0 Å². The highest BCUT2D eigenvalue weighted by molar-refractivity contribution is 8.00. The second kappa shape index (κ2) is 6.89. The number of amides is 1. The first-order valence-corrected chi connectivity index (χ1v) is 6.95. The molecule has 0 bridgehead atoms. The van der Waals surface area contributed by atoms with E-state index in [9.17, 15) is 4.79 Å². The molecule has 1 amide bonds. The van der Waals surface area contributed by atoms with Crippen LogP contribution in [0.4, 0.5) is 0 Å². The maximum absolute atomic E-state index is 11.9. The van der Waals surface area contributed by atoms with Crippen molar-refractivity contribution in [1.29, 1.82) is 5.26 Å². The minimum absolute atomic E-state index is 0.246. The van der Waals surface area contributed by atoms with E-state index in [1.54, 1.807) is 6.07 Å². The predicted molar refractivity (Wildman–Crippen MR) is 76.1 cm³/mol. The normalized spacial score (nSPS) is 12.0. The molecule has 0 saturated heterocycles. The number of nitriles is 1. The Balaban J connectivity index is 2.79. The SMILES string of the molecule is CC(C)SC(C#N)NC(=O)c1ccc(Cl)cc1Cl. The van der Waals surface area contributed by atoms with E-state index in [4.69, 9.17) is 28.5 Å². The smallest absolute Gasteiger partial charge is 0.254 e. The minimum atomic E-state index is -0.593. The van der Waals surface area contributed by atoms with Crippen molar-refractivity contribution in [3.8, 4) is 6.07 Å². The lowest BCUT2D eigenvalue weighted by Gasteiger charge is -2.14. The number of hydrogen-bond acceptors (Lipinski definition) is 3. The monoisotopic (exact) mass is 302 g/mol. The summed E-state index contributed by atoms with van der Waals surface area (Å²) < 4.78 is 0. The van der Waals surface area contributed by atoms with Crippen molar-refractivity contribution in [1.82, 2.24) is 5.32 Å². The van der Waals surface area contributed by atoms with E-state index in [-0.39, 0.29) is 16.2 Å². The lowest BCUT2D eigenvalue weighted by atomic mass is 10.2. The molecule has 1 aromatic rings. The van der Waals surface area contributed by atoms with Crippen LogP contribution in [-0.4, -0.2) is 16.5 Å². The summed E-state index contributed by atoms with van der Waals surface area (Å²) in [6.07, 6.45) is 0. The molecule has 0 aliphatic carbocycles. The molecule has 0 heterocycles. The van der Waals surface area contributed by atoms with Gasteiger partial charge in [-0.15, -0.1) is 11.8 Å². The van der Waals surface area contributed by atoms with Gasteiger partial charge in [-0.2, -0.15) is 5.26 Å². The number of nitrogens with one attached hydrogen (secondary N) is 1. The minimum Gasteiger partial charge on any atom is -0.328 e. The van der Waals surface area contributed by atoms with Crippen LogP contribution < -0.4 is 5.32 Å². The van der Waals surface area contributed by atoms with E-state index < -0.39 is 5.37 Å². The summed E-state index contributed by atoms with van der Waals surface area (Å²) in [5, 5.41) is 11.9. The van der Waals surface area contributed by atoms with Gasteiger partial charge in [0, 0.05) is 10.3 Å². The van der Waals surface area contributed by atoms with E-state index in [2.05, 4.69) is 5.32 Å². The van der Waals surface area contributed by atoms with Crippen LogP contribution in [0.5, 0.6) is 0 Å². The summed E-state index contributed by atoms with van der Waals surface area (Å²) in [5.41, 5.74) is 0.311. The van der Waals surface area contributed by atoms with Crippen molar-refractivity contribution in [3.05, 3.63) is 33.8 Å². The quantitative estimate of drug-likeness (QED) is 0.863. The highest BCUT2D eigenvalue weighted by atomic mass is 35.5. The highest BCUT2D eigenvalue weighted by Crippen LogP contribution is 2.22. The van der Waals surface area contributed by atoms with Crippen LogP contribution in [0.15, 0.2) is 18.2 Å². The maximum Gasteiger partial charge on any atom is 0.254 e. The van der Waals surface area contributed by atoms with Crippen LogP contribution >= 0.6 is 35.0 Å². The van der Waals surface area contributed by atoms with Crippen molar-refractivity contribution in [2.45, 2.75) is 24.5 Å². The first-order chi connectivity index (χ1) is 8.43. The van der Waals surface area contributed by atoms with Crippen LogP contribution in [0.2, 0.25) is 10.0 Å². The molecule has 18 heavy (non-hydrogen) atoms. The van der Waals surface area contributed by atoms with Gasteiger partial charge in [-0.25, -0.2) is 0 Å². The molecule has 1 rings (SSSR count). The lowest BCUT2D eigenvalue weighted by Crippen LogP contribution is -2.32. The zero-order chi connectivity index (χ0) is 13.7. The van der Waals surface area contributed by atoms with Crippen LogP contribution in [0.1, 0.15) is 24.2 Å². The number of carbonyl (C=O) groups is 1. The van der Waals surface area contributed by atoms with Gasteiger partial charge in [0.2, 0.25) is 0 Å². The van der Waals surface area contributed by atoms with Gasteiger partial charge in [0.15, 0.2) is 5.37 Å². The van der Waals surface area contributed by atoms with E-state index in [1.165, 1.54) is 23.9 Å². The van der Waals surface area contributed by atoms with Crippen molar-refractivity contribution >= 4 is 40.9 Å². The average Bonchev–Trinajstić information content (AvgIpc) is 2.27. The van der Waals surface area contributed by atoms with Gasteiger partial charge in [0.1, 0.15) is 0 Å². The molecule has 6 heteroatoms. The van der Waals surface area contributed by atoms with Crippen LogP contribution in [0.25, 0.3) is 0 Å². The molecule has 0 spiro atoms. The Morgan fingerprint density at radius 1 is 1.44 bits per heavy atom. The number of halogens is 2. The summed E-state index contributed by atoms with van der Waals surface area (Å²) in [6.45, 7) is 3.91. The van der Waals surface area contributed by atoms with E-state index in [1.807, 2.05) is 19.9 Å². The molecule has 3 nitrogen and oxygen atoms in total. The van der Waals surface area contributed by atoms with Gasteiger partial charge in [-0.3, -0.25) is 4.79 Å². The van der Waals surface area contributed by atoms with Crippen molar-refractivity contribution < 1.29 is 4.79 Å². The lowest BCUT2D eigenvalue weighted by molar-refractivity contribution is 0.0955. The third-order valence-electron chi connectivity index (χ3n) is 1.96. The fourth-order valence-corrected chi connectivity index (χ4v) is 2.51. The number of thioether (sulfide) groups is 1. The number of hydrogen-bond donors (Lipinski definition) is 1. The van der Waals surface area contributed by atoms with Gasteiger partial charge in [0.05, 0.1) is 16.7 Å². The molecule has 0 aliphatic rings. The number of rotatable bonds is 4. The highest BCUT2D eigenvalue weighted by Gasteiger charge is 2.17. The molecular formula is C12H12Cl2N2OS. The molecule has 1 aromatic carbocycles. The number of carbonyl (C=O) groups excluding carboxylic acids is 1. The Kier molecular flexibility index (Phi) is 5.80. The van der Waals surface area contributed by atoms with Gasteiger partial charge in [0.25, 0.3) is 5.91 Å². The summed E-state index contributed by atoms with van der Waals surface area (Å²) in [4.78, 5) is 11.9. The van der Waals surface area contributed by atoms with E-state index in [0.717, 1.165) is 0 Å². The Labute approximate surface area is 120 Å². The summed E-state index contributed by atoms with van der Waals surface area (Å²) in [5.74, 6) is -0.378. The Hall–Kier alpha value is -0.890. The molecule has 0 saturated carbocycles. The number of benzene rings is 1. The van der Waals surface area contributed by atoms with Gasteiger partial charge < -0.3 is 5.32 Å². The summed E-state index contributed by atoms with van der Waals surface area (Å²) >= 11 is 13.0. The predicted octanol–water partition coefficient (Wildman–Crippen LogP) is 3.71. The molecule has 0 aliphatic heterocycles. The molecule has 0 fully saturated rings. The van der Waals surface area contributed by atoms with Crippen LogP contribution in [-0.2, 0) is 0 Å². The topological polar surface area (TPSA) is 52.9 Å². The van der Waals surface area contributed by atoms with Gasteiger partial charge in [-0.05, 0) is 18.2 Å². The average molecular weight is 303 g/mol. The molecule has 1 atom stereocenters. The molecular weight excluding hydrogens is 291 g/mol. The standard InChI is InChI=1S/C12H12Cl2N2OS/c1-7(2)18-11(6-15)16-12(17)9-4-3-8(13)5-10(9)14/h3-5,7,11H,1-2H3,(H,16,17). The third-order valence-corrected chi connectivity index (χ3v) is 3.55. The van der Waals surface area contributed by atoms with E-state index in [0.29, 0.717) is 10.6 Å². The second-order valence-electron chi connectivity index (χ2n) is 3.79. The Bertz CT molecular complexity index is 485. The molecule has 1 N–H and O–H groups in total. The zero-order valence-electron chi connectivity index (χ0n) is 9.91. The zero-order valence-corrected chi connectivity index (χ0v) is 12.2. The number of nitrogens with zero attached hydrogens (tertiary/aromatic N) is 1. The van der Waals surface area contributed by atoms with Gasteiger partial charge in [-0.1, -0.05) is 37.0 Å². The largest absolute Gasteiger partial charge is 0.328 e. The maximum atomic E-state index is 11.9. The molecule has 96 valence electrons.